The van der Waals surface area contributed by atoms with Crippen LogP contribution in [0.1, 0.15) is 71.1 Å². The number of hydrogen-bond acceptors (Lipinski definition) is 3. The molecule has 1 atom stereocenters. The molecule has 1 saturated heterocycles. The van der Waals surface area contributed by atoms with Gasteiger partial charge in [0.2, 0.25) is 0 Å². The fraction of sp³-hybridized carbons (Fsp3) is 0.778. The van der Waals surface area contributed by atoms with Crippen molar-refractivity contribution in [1.82, 2.24) is 10.2 Å². The van der Waals surface area contributed by atoms with E-state index in [0.29, 0.717) is 0 Å². The predicted molar refractivity (Wildman–Crippen MR) is 88.3 cm³/mol. The highest BCUT2D eigenvalue weighted by Gasteiger charge is 2.22. The molecule has 3 heteroatoms. The highest BCUT2D eigenvalue weighted by molar-refractivity contribution is 5.17. The van der Waals surface area contributed by atoms with Gasteiger partial charge in [0, 0.05) is 23.7 Å². The first-order valence-electron chi connectivity index (χ1n) is 8.54. The third-order valence-electron chi connectivity index (χ3n) is 4.46. The van der Waals surface area contributed by atoms with Gasteiger partial charge < -0.3 is 9.73 Å². The Labute approximate surface area is 130 Å². The van der Waals surface area contributed by atoms with Crippen LogP contribution in [0.4, 0.5) is 0 Å². The summed E-state index contributed by atoms with van der Waals surface area (Å²) in [6, 6.07) is 2.84. The van der Waals surface area contributed by atoms with Crippen LogP contribution in [0.3, 0.4) is 0 Å². The summed E-state index contributed by atoms with van der Waals surface area (Å²) >= 11 is 0. The third kappa shape index (κ3) is 5.15. The smallest absolute Gasteiger partial charge is 0.122 e. The van der Waals surface area contributed by atoms with Crippen LogP contribution in [0, 0.1) is 0 Å². The van der Waals surface area contributed by atoms with Gasteiger partial charge in [0.05, 0.1) is 12.8 Å². The Morgan fingerprint density at radius 1 is 1.29 bits per heavy atom. The molecule has 1 aromatic rings. The second-order valence-electron chi connectivity index (χ2n) is 7.35. The van der Waals surface area contributed by atoms with E-state index in [1.165, 1.54) is 44.2 Å². The molecule has 1 aliphatic heterocycles. The van der Waals surface area contributed by atoms with Crippen molar-refractivity contribution < 1.29 is 4.42 Å². The maximum absolute atomic E-state index is 5.78. The number of hydrogen-bond donors (Lipinski definition) is 1. The van der Waals surface area contributed by atoms with Gasteiger partial charge in [-0.05, 0) is 52.6 Å². The minimum Gasteiger partial charge on any atom is -0.468 e. The van der Waals surface area contributed by atoms with Crippen molar-refractivity contribution in [2.24, 2.45) is 0 Å². The molecule has 1 unspecified atom stereocenters. The maximum Gasteiger partial charge on any atom is 0.122 e. The van der Waals surface area contributed by atoms with Crippen LogP contribution in [0.5, 0.6) is 0 Å². The Hall–Kier alpha value is -0.800. The van der Waals surface area contributed by atoms with E-state index in [-0.39, 0.29) is 5.54 Å². The van der Waals surface area contributed by atoms with Crippen molar-refractivity contribution >= 4 is 0 Å². The molecule has 0 amide bonds. The fourth-order valence-corrected chi connectivity index (χ4v) is 3.12. The molecule has 0 saturated carbocycles. The Balaban J connectivity index is 1.99. The van der Waals surface area contributed by atoms with E-state index in [0.717, 1.165) is 24.9 Å². The van der Waals surface area contributed by atoms with E-state index >= 15 is 0 Å². The first-order chi connectivity index (χ1) is 9.99. The van der Waals surface area contributed by atoms with E-state index in [2.05, 4.69) is 44.0 Å². The molecule has 0 radical (unpaired) electrons. The van der Waals surface area contributed by atoms with Crippen LogP contribution < -0.4 is 5.32 Å². The van der Waals surface area contributed by atoms with E-state index < -0.39 is 0 Å². The number of nitrogens with one attached hydrogen (secondary N) is 1. The van der Waals surface area contributed by atoms with Gasteiger partial charge in [0.1, 0.15) is 5.76 Å². The highest BCUT2D eigenvalue weighted by atomic mass is 16.3. The summed E-state index contributed by atoms with van der Waals surface area (Å²) in [4.78, 5) is 2.63. The summed E-state index contributed by atoms with van der Waals surface area (Å²) in [6.45, 7) is 12.0. The lowest BCUT2D eigenvalue weighted by molar-refractivity contribution is 0.171. The van der Waals surface area contributed by atoms with Crippen molar-refractivity contribution in [2.45, 2.75) is 84.5 Å². The van der Waals surface area contributed by atoms with Gasteiger partial charge in [-0.15, -0.1) is 0 Å². The van der Waals surface area contributed by atoms with Crippen molar-refractivity contribution in [3.05, 3.63) is 23.7 Å². The normalized spacial score (nSPS) is 21.4. The number of rotatable bonds is 5. The zero-order valence-electron chi connectivity index (χ0n) is 14.2. The van der Waals surface area contributed by atoms with Crippen LogP contribution in [-0.4, -0.2) is 23.0 Å². The van der Waals surface area contributed by atoms with Gasteiger partial charge in [-0.2, -0.15) is 0 Å². The molecule has 2 rings (SSSR count). The van der Waals surface area contributed by atoms with Crippen LogP contribution in [0.15, 0.2) is 16.7 Å². The molecular formula is C18H32N2O. The number of furan rings is 1. The summed E-state index contributed by atoms with van der Waals surface area (Å²) in [7, 11) is 0. The van der Waals surface area contributed by atoms with Crippen LogP contribution in [-0.2, 0) is 13.1 Å². The molecule has 0 aromatic carbocycles. The minimum atomic E-state index is 0.142. The Morgan fingerprint density at radius 2 is 2.10 bits per heavy atom. The first kappa shape index (κ1) is 16.6. The lowest BCUT2D eigenvalue weighted by Gasteiger charge is -2.28. The fourth-order valence-electron chi connectivity index (χ4n) is 3.12. The van der Waals surface area contributed by atoms with Crippen molar-refractivity contribution in [3.63, 3.8) is 0 Å². The molecule has 1 N–H and O–H groups in total. The number of nitrogens with zero attached hydrogens (tertiary/aromatic N) is 1. The van der Waals surface area contributed by atoms with Crippen LogP contribution >= 0.6 is 0 Å². The summed E-state index contributed by atoms with van der Waals surface area (Å²) < 4.78 is 5.78. The Kier molecular flexibility index (Phi) is 5.88. The second kappa shape index (κ2) is 7.46. The number of likely N-dealkylation sites (tertiary alicyclic amines) is 1. The molecule has 120 valence electrons. The standard InChI is InChI=1S/C18H32N2O/c1-5-16-9-7-6-8-11-20(16)14-17-15(10-12-21-17)13-19-18(2,3)4/h10,12,16,19H,5-9,11,13-14H2,1-4H3. The van der Waals surface area contributed by atoms with Crippen LogP contribution in [0.2, 0.25) is 0 Å². The van der Waals surface area contributed by atoms with Crippen molar-refractivity contribution in [2.75, 3.05) is 6.54 Å². The van der Waals surface area contributed by atoms with Gasteiger partial charge in [-0.25, -0.2) is 0 Å². The SMILES string of the molecule is CCC1CCCCCN1Cc1occc1CNC(C)(C)C. The topological polar surface area (TPSA) is 28.4 Å². The summed E-state index contributed by atoms with van der Waals surface area (Å²) in [5.41, 5.74) is 1.45. The molecule has 3 nitrogen and oxygen atoms in total. The van der Waals surface area contributed by atoms with Gasteiger partial charge in [-0.3, -0.25) is 4.90 Å². The molecule has 1 fully saturated rings. The van der Waals surface area contributed by atoms with E-state index in [4.69, 9.17) is 4.42 Å². The van der Waals surface area contributed by atoms with E-state index in [1.54, 1.807) is 0 Å². The average Bonchev–Trinajstić information content (AvgIpc) is 2.73. The molecule has 1 aliphatic rings. The van der Waals surface area contributed by atoms with Gasteiger partial charge in [0.25, 0.3) is 0 Å². The molecule has 2 heterocycles. The van der Waals surface area contributed by atoms with Gasteiger partial charge >= 0.3 is 0 Å². The van der Waals surface area contributed by atoms with E-state index in [9.17, 15) is 0 Å². The first-order valence-corrected chi connectivity index (χ1v) is 8.54. The second-order valence-corrected chi connectivity index (χ2v) is 7.35. The monoisotopic (exact) mass is 292 g/mol. The quantitative estimate of drug-likeness (QED) is 0.876. The Morgan fingerprint density at radius 3 is 2.81 bits per heavy atom. The summed E-state index contributed by atoms with van der Waals surface area (Å²) in [6.07, 6.45) is 8.51. The summed E-state index contributed by atoms with van der Waals surface area (Å²) in [5.74, 6) is 1.15. The Bertz CT molecular complexity index is 419. The zero-order chi connectivity index (χ0) is 15.3. The molecular weight excluding hydrogens is 260 g/mol. The zero-order valence-corrected chi connectivity index (χ0v) is 14.2. The van der Waals surface area contributed by atoms with Gasteiger partial charge in [-0.1, -0.05) is 19.8 Å². The molecule has 0 aliphatic carbocycles. The lowest BCUT2D eigenvalue weighted by Crippen LogP contribution is -2.36. The minimum absolute atomic E-state index is 0.142. The molecule has 0 bridgehead atoms. The van der Waals surface area contributed by atoms with Crippen molar-refractivity contribution in [3.8, 4) is 0 Å². The molecule has 1 aromatic heterocycles. The van der Waals surface area contributed by atoms with Crippen LogP contribution in [0.25, 0.3) is 0 Å². The maximum atomic E-state index is 5.78. The largest absolute Gasteiger partial charge is 0.468 e. The molecule has 0 spiro atoms. The van der Waals surface area contributed by atoms with E-state index in [1.807, 2.05) is 6.26 Å². The predicted octanol–water partition coefficient (Wildman–Crippen LogP) is 4.32. The average molecular weight is 292 g/mol. The lowest BCUT2D eigenvalue weighted by atomic mass is 10.1. The highest BCUT2D eigenvalue weighted by Crippen LogP contribution is 2.23. The van der Waals surface area contributed by atoms with Crippen molar-refractivity contribution in [1.29, 1.82) is 0 Å². The summed E-state index contributed by atoms with van der Waals surface area (Å²) in [5, 5.41) is 3.56. The molecule has 21 heavy (non-hydrogen) atoms. The third-order valence-corrected chi connectivity index (χ3v) is 4.46. The van der Waals surface area contributed by atoms with Gasteiger partial charge in [0.15, 0.2) is 0 Å².